The van der Waals surface area contributed by atoms with Gasteiger partial charge in [0.25, 0.3) is 0 Å². The average Bonchev–Trinajstić information content (AvgIpc) is 3.27. The molecule has 0 aliphatic heterocycles. The van der Waals surface area contributed by atoms with Crippen LogP contribution in [0.25, 0.3) is 17.0 Å². The summed E-state index contributed by atoms with van der Waals surface area (Å²) in [4.78, 5) is 2.22. The van der Waals surface area contributed by atoms with Crippen molar-refractivity contribution >= 4 is 60.4 Å². The highest BCUT2D eigenvalue weighted by Crippen LogP contribution is 2.32. The van der Waals surface area contributed by atoms with Gasteiger partial charge in [-0.1, -0.05) is 0 Å². The summed E-state index contributed by atoms with van der Waals surface area (Å²) in [5, 5.41) is 0.986. The first-order valence-electron chi connectivity index (χ1n) is 10.2. The quantitative estimate of drug-likeness (QED) is 0.350. The molecule has 0 saturated heterocycles. The predicted octanol–water partition coefficient (Wildman–Crippen LogP) is 5.83. The molecule has 0 spiro atoms. The number of thioether (sulfide) groups is 1. The second kappa shape index (κ2) is 10.8. The lowest BCUT2D eigenvalue weighted by Gasteiger charge is -2.22. The topological polar surface area (TPSA) is 71.8 Å². The Bertz CT molecular complexity index is 1220. The SMILES string of the molecule is CCN(CC)c1ccc(C=C(SC)S(=O)(=O)NC)c(OCc2cc(Br)c3occc3c2)c1. The fourth-order valence-electron chi connectivity index (χ4n) is 3.37. The third-order valence-corrected chi connectivity index (χ3v) is 8.55. The van der Waals surface area contributed by atoms with E-state index in [-0.39, 0.29) is 4.24 Å². The highest BCUT2D eigenvalue weighted by molar-refractivity contribution is 9.10. The number of sulfonamides is 1. The summed E-state index contributed by atoms with van der Waals surface area (Å²) in [6.45, 7) is 6.25. The molecule has 0 bridgehead atoms. The van der Waals surface area contributed by atoms with Crippen LogP contribution in [0.4, 0.5) is 5.69 Å². The highest BCUT2D eigenvalue weighted by Gasteiger charge is 2.17. The molecular formula is C23H27BrN2O4S2. The molecule has 1 N–H and O–H groups in total. The third kappa shape index (κ3) is 5.51. The zero-order chi connectivity index (χ0) is 23.3. The first-order valence-corrected chi connectivity index (χ1v) is 13.7. The Morgan fingerprint density at radius 1 is 1.22 bits per heavy atom. The van der Waals surface area contributed by atoms with Crippen molar-refractivity contribution in [3.63, 3.8) is 0 Å². The van der Waals surface area contributed by atoms with Crippen LogP contribution < -0.4 is 14.4 Å². The number of nitrogens with one attached hydrogen (secondary N) is 1. The number of hydrogen-bond donors (Lipinski definition) is 1. The maximum absolute atomic E-state index is 12.4. The molecule has 1 aromatic heterocycles. The molecule has 0 amide bonds. The van der Waals surface area contributed by atoms with Crippen LogP contribution >= 0.6 is 27.7 Å². The van der Waals surface area contributed by atoms with Gasteiger partial charge in [-0.3, -0.25) is 0 Å². The maximum atomic E-state index is 12.4. The van der Waals surface area contributed by atoms with Gasteiger partial charge in [-0.15, -0.1) is 11.8 Å². The number of halogens is 1. The number of fused-ring (bicyclic) bond motifs is 1. The van der Waals surface area contributed by atoms with E-state index in [1.807, 2.05) is 36.4 Å². The number of furan rings is 1. The van der Waals surface area contributed by atoms with Crippen LogP contribution in [0.5, 0.6) is 5.75 Å². The Morgan fingerprint density at radius 3 is 2.62 bits per heavy atom. The third-order valence-electron chi connectivity index (χ3n) is 5.09. The van der Waals surface area contributed by atoms with Gasteiger partial charge in [-0.25, -0.2) is 13.1 Å². The summed E-state index contributed by atoms with van der Waals surface area (Å²) in [6.07, 6.45) is 5.04. The summed E-state index contributed by atoms with van der Waals surface area (Å²) in [7, 11) is -2.15. The normalized spacial score (nSPS) is 12.3. The monoisotopic (exact) mass is 538 g/mol. The van der Waals surface area contributed by atoms with Crippen LogP contribution in [0.3, 0.4) is 0 Å². The predicted molar refractivity (Wildman–Crippen MR) is 138 cm³/mol. The lowest BCUT2D eigenvalue weighted by atomic mass is 10.1. The Labute approximate surface area is 202 Å². The van der Waals surface area contributed by atoms with Gasteiger partial charge in [0.1, 0.15) is 22.2 Å². The van der Waals surface area contributed by atoms with Crippen molar-refractivity contribution in [1.29, 1.82) is 0 Å². The minimum absolute atomic E-state index is 0.225. The van der Waals surface area contributed by atoms with E-state index < -0.39 is 10.0 Å². The zero-order valence-corrected chi connectivity index (χ0v) is 21.7. The number of hydrogen-bond acceptors (Lipinski definition) is 6. The summed E-state index contributed by atoms with van der Waals surface area (Å²) in [5.74, 6) is 0.621. The second-order valence-electron chi connectivity index (χ2n) is 6.97. The molecule has 2 aromatic carbocycles. The van der Waals surface area contributed by atoms with Crippen molar-refractivity contribution in [2.45, 2.75) is 20.5 Å². The molecule has 32 heavy (non-hydrogen) atoms. The van der Waals surface area contributed by atoms with Crippen molar-refractivity contribution in [2.75, 3.05) is 31.3 Å². The van der Waals surface area contributed by atoms with E-state index in [1.165, 1.54) is 18.8 Å². The highest BCUT2D eigenvalue weighted by atomic mass is 79.9. The summed E-state index contributed by atoms with van der Waals surface area (Å²) in [5.41, 5.74) is 3.49. The van der Waals surface area contributed by atoms with E-state index in [2.05, 4.69) is 39.4 Å². The summed E-state index contributed by atoms with van der Waals surface area (Å²) in [6, 6.07) is 11.8. The Hall–Kier alpha value is -1.94. The standard InChI is InChI=1S/C23H27BrN2O4S2/c1-5-26(6-2)19-8-7-17(13-22(31-4)32(27,28)25-3)21(14-19)30-15-16-11-18-9-10-29-23(18)20(24)12-16/h7-14,25H,5-6,15H2,1-4H3. The van der Waals surface area contributed by atoms with Gasteiger partial charge >= 0.3 is 0 Å². The Morgan fingerprint density at radius 2 is 1.97 bits per heavy atom. The lowest BCUT2D eigenvalue weighted by molar-refractivity contribution is 0.305. The Kier molecular flexibility index (Phi) is 8.32. The van der Waals surface area contributed by atoms with E-state index in [0.29, 0.717) is 17.9 Å². The van der Waals surface area contributed by atoms with Gasteiger partial charge in [0, 0.05) is 35.8 Å². The van der Waals surface area contributed by atoms with Crippen molar-refractivity contribution in [3.05, 3.63) is 62.5 Å². The van der Waals surface area contributed by atoms with Gasteiger partial charge in [-0.05, 0) is 85.1 Å². The molecule has 0 saturated carbocycles. The molecule has 1 heterocycles. The number of anilines is 1. The van der Waals surface area contributed by atoms with Crippen LogP contribution in [0.1, 0.15) is 25.0 Å². The van der Waals surface area contributed by atoms with Gasteiger partial charge in [0.15, 0.2) is 0 Å². The maximum Gasteiger partial charge on any atom is 0.246 e. The first kappa shape index (κ1) is 24.7. The van der Waals surface area contributed by atoms with Crippen LogP contribution in [0, 0.1) is 0 Å². The van der Waals surface area contributed by atoms with E-state index in [0.717, 1.165) is 39.8 Å². The molecule has 0 aliphatic carbocycles. The first-order chi connectivity index (χ1) is 15.3. The smallest absolute Gasteiger partial charge is 0.246 e. The van der Waals surface area contributed by atoms with Crippen LogP contribution in [0.15, 0.2) is 55.8 Å². The van der Waals surface area contributed by atoms with Gasteiger partial charge in [0.05, 0.1) is 10.7 Å². The number of benzene rings is 2. The van der Waals surface area contributed by atoms with Gasteiger partial charge in [-0.2, -0.15) is 0 Å². The Balaban J connectivity index is 2.00. The molecule has 0 unspecified atom stereocenters. The number of rotatable bonds is 10. The van der Waals surface area contributed by atoms with Crippen molar-refractivity contribution in [3.8, 4) is 5.75 Å². The molecule has 0 atom stereocenters. The average molecular weight is 540 g/mol. The second-order valence-corrected chi connectivity index (χ2v) is 10.8. The molecule has 0 aliphatic rings. The van der Waals surface area contributed by atoms with Crippen molar-refractivity contribution in [1.82, 2.24) is 4.72 Å². The van der Waals surface area contributed by atoms with Crippen LogP contribution in [-0.2, 0) is 16.6 Å². The molecule has 9 heteroatoms. The number of nitrogens with zero attached hydrogens (tertiary/aromatic N) is 1. The fourth-order valence-corrected chi connectivity index (χ4v) is 5.84. The molecule has 3 aromatic rings. The molecule has 0 radical (unpaired) electrons. The van der Waals surface area contributed by atoms with Crippen LogP contribution in [0.2, 0.25) is 0 Å². The zero-order valence-electron chi connectivity index (χ0n) is 18.5. The molecular weight excluding hydrogens is 512 g/mol. The van der Waals surface area contributed by atoms with E-state index in [1.54, 1.807) is 18.6 Å². The minimum Gasteiger partial charge on any atom is -0.488 e. The van der Waals surface area contributed by atoms with E-state index in [9.17, 15) is 8.42 Å². The van der Waals surface area contributed by atoms with Crippen molar-refractivity contribution in [2.24, 2.45) is 0 Å². The summed E-state index contributed by atoms with van der Waals surface area (Å²) < 4.78 is 39.9. The number of ether oxygens (including phenoxy) is 1. The van der Waals surface area contributed by atoms with E-state index >= 15 is 0 Å². The van der Waals surface area contributed by atoms with E-state index in [4.69, 9.17) is 9.15 Å². The summed E-state index contributed by atoms with van der Waals surface area (Å²) >= 11 is 4.72. The largest absolute Gasteiger partial charge is 0.488 e. The van der Waals surface area contributed by atoms with Gasteiger partial charge < -0.3 is 14.1 Å². The molecule has 6 nitrogen and oxygen atoms in total. The van der Waals surface area contributed by atoms with Crippen molar-refractivity contribution < 1.29 is 17.6 Å². The fraction of sp³-hybridized carbons (Fsp3) is 0.304. The lowest BCUT2D eigenvalue weighted by Crippen LogP contribution is -2.21. The molecule has 3 rings (SSSR count). The minimum atomic E-state index is -3.56. The van der Waals surface area contributed by atoms with Crippen LogP contribution in [-0.4, -0.2) is 34.8 Å². The molecule has 172 valence electrons. The molecule has 0 fully saturated rings. The van der Waals surface area contributed by atoms with Gasteiger partial charge in [0.2, 0.25) is 10.0 Å².